The second kappa shape index (κ2) is 11.3. The molecule has 0 saturated carbocycles. The number of nitrogens with zero attached hydrogens (tertiary/aromatic N) is 7. The summed E-state index contributed by atoms with van der Waals surface area (Å²) in [6, 6.07) is 7.77. The van der Waals surface area contributed by atoms with Gasteiger partial charge in [0.25, 0.3) is 10.0 Å². The quantitative estimate of drug-likeness (QED) is 0.306. The van der Waals surface area contributed by atoms with E-state index in [0.717, 1.165) is 21.0 Å². The largest absolute Gasteiger partial charge is 0.355 e. The normalized spacial score (nSPS) is 15.7. The first-order valence-corrected chi connectivity index (χ1v) is 14.8. The summed E-state index contributed by atoms with van der Waals surface area (Å²) in [5.74, 6) is -1.76. The molecule has 14 heteroatoms. The molecular formula is C29H29F2N7O4S. The number of hydrogen-bond acceptors (Lipinski definition) is 8. The second-order valence-corrected chi connectivity index (χ2v) is 12.4. The Balaban J connectivity index is 1.85. The lowest BCUT2D eigenvalue weighted by atomic mass is 10.1. The molecule has 0 N–H and O–H groups in total. The third-order valence-electron chi connectivity index (χ3n) is 7.36. The lowest BCUT2D eigenvalue weighted by molar-refractivity contribution is -0.126. The summed E-state index contributed by atoms with van der Waals surface area (Å²) in [6.07, 6.45) is 2.52. The van der Waals surface area contributed by atoms with Gasteiger partial charge in [0.15, 0.2) is 10.7 Å². The van der Waals surface area contributed by atoms with Crippen molar-refractivity contribution >= 4 is 32.8 Å². The van der Waals surface area contributed by atoms with Gasteiger partial charge in [-0.25, -0.2) is 40.8 Å². The molecule has 4 aromatic rings. The van der Waals surface area contributed by atoms with Crippen LogP contribution < -0.4 is 10.6 Å². The van der Waals surface area contributed by atoms with Crippen molar-refractivity contribution in [3.05, 3.63) is 82.9 Å². The zero-order valence-corrected chi connectivity index (χ0v) is 24.8. The molecule has 1 aliphatic rings. The molecule has 1 aliphatic heterocycles. The third kappa shape index (κ3) is 5.16. The van der Waals surface area contributed by atoms with Crippen LogP contribution in [0, 0.1) is 18.6 Å². The number of benzene rings is 1. The van der Waals surface area contributed by atoms with Gasteiger partial charge in [-0.1, -0.05) is 18.7 Å². The van der Waals surface area contributed by atoms with Crippen LogP contribution in [0.3, 0.4) is 0 Å². The molecule has 1 amide bonds. The lowest BCUT2D eigenvalue weighted by Gasteiger charge is -2.40. The van der Waals surface area contributed by atoms with Crippen molar-refractivity contribution in [2.75, 3.05) is 38.6 Å². The number of piperazine rings is 1. The smallest absolute Gasteiger partial charge is 0.350 e. The van der Waals surface area contributed by atoms with E-state index in [0.29, 0.717) is 5.56 Å². The van der Waals surface area contributed by atoms with Crippen molar-refractivity contribution in [1.82, 2.24) is 28.7 Å². The van der Waals surface area contributed by atoms with E-state index in [1.165, 1.54) is 50.6 Å². The number of carbonyl (C=O) groups excluding carboxylic acids is 1. The molecule has 1 fully saturated rings. The van der Waals surface area contributed by atoms with Crippen LogP contribution in [0.1, 0.15) is 12.5 Å². The average Bonchev–Trinajstić information content (AvgIpc) is 2.97. The highest BCUT2D eigenvalue weighted by atomic mass is 32.2. The van der Waals surface area contributed by atoms with E-state index in [9.17, 15) is 22.4 Å². The Morgan fingerprint density at radius 3 is 2.49 bits per heavy atom. The average molecular weight is 610 g/mol. The van der Waals surface area contributed by atoms with E-state index < -0.39 is 32.4 Å². The van der Waals surface area contributed by atoms with Crippen molar-refractivity contribution in [2.24, 2.45) is 0 Å². The standard InChI is InChI=1S/C29H29F2N7O4S/c1-6-23(39)36-13-14-37(18(3)16-36)26-20-15-22(31)24(19-9-7-8-10-21(19)30)33-27(20)38(29(40)34-26)25-17(2)11-12-32-28(25)43(41,42)35(4)5/h6-12,15,18H,1,13-14,16H2,2-5H3/t18-/m0/s1. The van der Waals surface area contributed by atoms with Gasteiger partial charge in [-0.05, 0) is 49.8 Å². The molecule has 4 heterocycles. The first-order chi connectivity index (χ1) is 20.4. The van der Waals surface area contributed by atoms with Crippen LogP contribution in [-0.4, -0.2) is 82.8 Å². The van der Waals surface area contributed by atoms with E-state index in [1.54, 1.807) is 16.7 Å². The van der Waals surface area contributed by atoms with Crippen molar-refractivity contribution in [3.63, 3.8) is 0 Å². The highest BCUT2D eigenvalue weighted by Crippen LogP contribution is 2.33. The van der Waals surface area contributed by atoms with Crippen molar-refractivity contribution < 1.29 is 22.0 Å². The fourth-order valence-electron chi connectivity index (χ4n) is 5.13. The highest BCUT2D eigenvalue weighted by molar-refractivity contribution is 7.89. The summed E-state index contributed by atoms with van der Waals surface area (Å²) in [7, 11) is -1.53. The minimum Gasteiger partial charge on any atom is -0.350 e. The Hall–Kier alpha value is -4.56. The number of sulfonamides is 1. The Morgan fingerprint density at radius 2 is 1.84 bits per heavy atom. The highest BCUT2D eigenvalue weighted by Gasteiger charge is 2.32. The summed E-state index contributed by atoms with van der Waals surface area (Å²) in [6.45, 7) is 7.78. The summed E-state index contributed by atoms with van der Waals surface area (Å²) >= 11 is 0. The number of hydrogen-bond donors (Lipinski definition) is 0. The SMILES string of the molecule is C=CC(=O)N1CCN(c2nc(=O)n(-c3c(C)ccnc3S(=O)(=O)N(C)C)c3nc(-c4ccccc4F)c(F)cc23)[C@@H](C)C1. The molecule has 1 atom stereocenters. The maximum absolute atomic E-state index is 15.8. The van der Waals surface area contributed by atoms with Gasteiger partial charge < -0.3 is 9.80 Å². The number of rotatable bonds is 6. The maximum Gasteiger partial charge on any atom is 0.355 e. The number of carbonyl (C=O) groups is 1. The minimum atomic E-state index is -4.18. The predicted molar refractivity (Wildman–Crippen MR) is 157 cm³/mol. The number of halogens is 2. The van der Waals surface area contributed by atoms with E-state index in [1.807, 2.05) is 6.92 Å². The summed E-state index contributed by atoms with van der Waals surface area (Å²) in [5.41, 5.74) is -1.31. The van der Waals surface area contributed by atoms with Gasteiger partial charge in [-0.3, -0.25) is 4.79 Å². The molecule has 0 unspecified atom stereocenters. The number of pyridine rings is 2. The summed E-state index contributed by atoms with van der Waals surface area (Å²) < 4.78 is 59.2. The van der Waals surface area contributed by atoms with Gasteiger partial charge in [0.2, 0.25) is 5.91 Å². The van der Waals surface area contributed by atoms with E-state index >= 15 is 4.39 Å². The van der Waals surface area contributed by atoms with E-state index in [-0.39, 0.29) is 65.4 Å². The van der Waals surface area contributed by atoms with Crippen molar-refractivity contribution in [3.8, 4) is 16.9 Å². The van der Waals surface area contributed by atoms with Gasteiger partial charge in [0.1, 0.15) is 23.1 Å². The van der Waals surface area contributed by atoms with Crippen LogP contribution in [0.2, 0.25) is 0 Å². The van der Waals surface area contributed by atoms with Gasteiger partial charge in [0.05, 0.1) is 11.1 Å². The fraction of sp³-hybridized carbons (Fsp3) is 0.276. The van der Waals surface area contributed by atoms with E-state index in [2.05, 4.69) is 21.5 Å². The van der Waals surface area contributed by atoms with Crippen LogP contribution >= 0.6 is 0 Å². The van der Waals surface area contributed by atoms with Crippen molar-refractivity contribution in [1.29, 1.82) is 0 Å². The molecule has 0 radical (unpaired) electrons. The molecule has 0 bridgehead atoms. The van der Waals surface area contributed by atoms with Gasteiger partial charge in [0, 0.05) is 51.5 Å². The Labute approximate surface area is 246 Å². The summed E-state index contributed by atoms with van der Waals surface area (Å²) in [5, 5.41) is -0.345. The molecule has 1 saturated heterocycles. The Morgan fingerprint density at radius 1 is 1.12 bits per heavy atom. The molecule has 0 aliphatic carbocycles. The molecule has 11 nitrogen and oxygen atoms in total. The van der Waals surface area contributed by atoms with Crippen LogP contribution in [0.4, 0.5) is 14.6 Å². The lowest BCUT2D eigenvalue weighted by Crippen LogP contribution is -2.54. The Bertz CT molecular complexity index is 1950. The molecule has 3 aromatic heterocycles. The topological polar surface area (TPSA) is 122 Å². The molecule has 1 aromatic carbocycles. The molecule has 43 heavy (non-hydrogen) atoms. The van der Waals surface area contributed by atoms with Gasteiger partial charge >= 0.3 is 5.69 Å². The van der Waals surface area contributed by atoms with Gasteiger partial charge in [-0.15, -0.1) is 0 Å². The third-order valence-corrected chi connectivity index (χ3v) is 9.11. The molecule has 224 valence electrons. The number of anilines is 1. The minimum absolute atomic E-state index is 0.0870. The molecular weight excluding hydrogens is 580 g/mol. The predicted octanol–water partition coefficient (Wildman–Crippen LogP) is 2.90. The van der Waals surface area contributed by atoms with Gasteiger partial charge in [-0.2, -0.15) is 4.98 Å². The van der Waals surface area contributed by atoms with Crippen LogP contribution in [0.25, 0.3) is 28.0 Å². The molecule has 5 rings (SSSR count). The number of aromatic nitrogens is 4. The zero-order chi connectivity index (χ0) is 31.2. The first kappa shape index (κ1) is 29.9. The number of fused-ring (bicyclic) bond motifs is 1. The van der Waals surface area contributed by atoms with Crippen LogP contribution in [0.5, 0.6) is 0 Å². The zero-order valence-electron chi connectivity index (χ0n) is 24.0. The summed E-state index contributed by atoms with van der Waals surface area (Å²) in [4.78, 5) is 42.4. The number of aryl methyl sites for hydroxylation is 1. The Kier molecular flexibility index (Phi) is 7.84. The van der Waals surface area contributed by atoms with Crippen LogP contribution in [0.15, 0.2) is 65.1 Å². The van der Waals surface area contributed by atoms with Crippen molar-refractivity contribution in [2.45, 2.75) is 24.9 Å². The molecule has 0 spiro atoms. The monoisotopic (exact) mass is 609 g/mol. The number of amides is 1. The fourth-order valence-corrected chi connectivity index (χ4v) is 6.17. The van der Waals surface area contributed by atoms with E-state index in [4.69, 9.17) is 0 Å². The maximum atomic E-state index is 15.8. The van der Waals surface area contributed by atoms with Crippen LogP contribution in [-0.2, 0) is 14.8 Å². The second-order valence-electron chi connectivity index (χ2n) is 10.3. The first-order valence-electron chi connectivity index (χ1n) is 13.3.